The second kappa shape index (κ2) is 7.46. The van der Waals surface area contributed by atoms with Gasteiger partial charge in [-0.25, -0.2) is 9.99 Å². The number of benzene rings is 1. The summed E-state index contributed by atoms with van der Waals surface area (Å²) in [7, 11) is 1.58. The minimum absolute atomic E-state index is 0.0362. The molecule has 1 aromatic heterocycles. The highest BCUT2D eigenvalue weighted by Gasteiger charge is 2.46. The van der Waals surface area contributed by atoms with Crippen LogP contribution in [-0.4, -0.2) is 47.3 Å². The summed E-state index contributed by atoms with van der Waals surface area (Å²) in [5.41, 5.74) is 1.15. The molecule has 0 bridgehead atoms. The minimum atomic E-state index is 0.0362. The Hall–Kier alpha value is -2.96. The van der Waals surface area contributed by atoms with Crippen molar-refractivity contribution in [1.29, 1.82) is 0 Å². The summed E-state index contributed by atoms with van der Waals surface area (Å²) in [6.45, 7) is 1.86. The number of ether oxygens (including phenoxy) is 1. The van der Waals surface area contributed by atoms with E-state index in [1.807, 2.05) is 30.5 Å². The van der Waals surface area contributed by atoms with E-state index in [9.17, 15) is 4.79 Å². The van der Waals surface area contributed by atoms with Crippen LogP contribution in [0.25, 0.3) is 0 Å². The average molecular weight is 391 g/mol. The fraction of sp³-hybridized carbons (Fsp3) is 0.455. The van der Waals surface area contributed by atoms with E-state index in [2.05, 4.69) is 32.1 Å². The Morgan fingerprint density at radius 2 is 1.86 bits per heavy atom. The maximum absolute atomic E-state index is 13.3. The molecule has 2 aliphatic heterocycles. The normalized spacial score (nSPS) is 28.0. The van der Waals surface area contributed by atoms with Crippen molar-refractivity contribution in [2.24, 2.45) is 22.9 Å². The van der Waals surface area contributed by atoms with Gasteiger partial charge in [0.25, 0.3) is 0 Å². The Kier molecular flexibility index (Phi) is 4.66. The number of amides is 1. The van der Waals surface area contributed by atoms with Gasteiger partial charge in [0.2, 0.25) is 5.91 Å². The number of carbonyl (C=O) groups excluding carboxylic acids is 1. The van der Waals surface area contributed by atoms with Crippen molar-refractivity contribution < 1.29 is 9.53 Å². The molecule has 3 heterocycles. The summed E-state index contributed by atoms with van der Waals surface area (Å²) >= 11 is 0. The van der Waals surface area contributed by atoms with Crippen molar-refractivity contribution in [2.45, 2.75) is 25.3 Å². The lowest BCUT2D eigenvalue weighted by Crippen LogP contribution is -2.33. The first-order chi connectivity index (χ1) is 14.2. The zero-order valence-electron chi connectivity index (χ0n) is 16.5. The Morgan fingerprint density at radius 1 is 1.10 bits per heavy atom. The third kappa shape index (κ3) is 3.34. The molecule has 1 aromatic carbocycles. The van der Waals surface area contributed by atoms with Gasteiger partial charge in [0.1, 0.15) is 5.82 Å². The van der Waals surface area contributed by atoms with Gasteiger partial charge in [0, 0.05) is 37.8 Å². The van der Waals surface area contributed by atoms with Crippen molar-refractivity contribution in [2.75, 3.05) is 25.1 Å². The molecule has 1 amide bonds. The number of fused-ring (bicyclic) bond motifs is 1. The number of anilines is 1. The van der Waals surface area contributed by atoms with Crippen LogP contribution in [0.3, 0.4) is 0 Å². The molecule has 3 aliphatic rings. The zero-order valence-corrected chi connectivity index (χ0v) is 16.5. The minimum Gasteiger partial charge on any atom is -0.467 e. The van der Waals surface area contributed by atoms with E-state index in [4.69, 9.17) is 4.74 Å². The van der Waals surface area contributed by atoms with Gasteiger partial charge in [-0.1, -0.05) is 30.3 Å². The molecular formula is C22H25N5O2. The SMILES string of the molecule is COc1nccc(N2C[C@H]3C[C@H](C(=O)N4N=CC[C@H]4c4ccccc4)C[C@H]3C2)n1. The molecule has 1 aliphatic carbocycles. The highest BCUT2D eigenvalue weighted by molar-refractivity contribution is 5.82. The van der Waals surface area contributed by atoms with Crippen LogP contribution in [0.2, 0.25) is 0 Å². The van der Waals surface area contributed by atoms with Gasteiger partial charge in [-0.15, -0.1) is 0 Å². The molecule has 2 aromatic rings. The first-order valence-corrected chi connectivity index (χ1v) is 10.3. The molecule has 0 spiro atoms. The molecule has 7 nitrogen and oxygen atoms in total. The van der Waals surface area contributed by atoms with Gasteiger partial charge in [-0.3, -0.25) is 4.79 Å². The summed E-state index contributed by atoms with van der Waals surface area (Å²) in [5.74, 6) is 2.19. The van der Waals surface area contributed by atoms with Crippen LogP contribution in [-0.2, 0) is 4.79 Å². The molecule has 0 radical (unpaired) electrons. The smallest absolute Gasteiger partial charge is 0.318 e. The van der Waals surface area contributed by atoms with Crippen LogP contribution in [0, 0.1) is 17.8 Å². The molecule has 5 rings (SSSR count). The Bertz CT molecular complexity index is 904. The van der Waals surface area contributed by atoms with Crippen LogP contribution in [0.15, 0.2) is 47.7 Å². The second-order valence-corrected chi connectivity index (χ2v) is 8.14. The molecule has 0 N–H and O–H groups in total. The number of aromatic nitrogens is 2. The molecule has 7 heteroatoms. The number of rotatable bonds is 4. The van der Waals surface area contributed by atoms with Crippen molar-refractivity contribution in [3.63, 3.8) is 0 Å². The summed E-state index contributed by atoms with van der Waals surface area (Å²) in [6.07, 6.45) is 6.25. The van der Waals surface area contributed by atoms with Gasteiger partial charge in [-0.05, 0) is 36.3 Å². The number of hydrogen-bond donors (Lipinski definition) is 0. The predicted octanol–water partition coefficient (Wildman–Crippen LogP) is 2.91. The third-order valence-electron chi connectivity index (χ3n) is 6.47. The number of methoxy groups -OCH3 is 1. The van der Waals surface area contributed by atoms with Crippen molar-refractivity contribution in [3.8, 4) is 6.01 Å². The Balaban J connectivity index is 1.24. The van der Waals surface area contributed by atoms with Gasteiger partial charge < -0.3 is 9.64 Å². The van der Waals surface area contributed by atoms with E-state index in [1.165, 1.54) is 0 Å². The maximum atomic E-state index is 13.3. The number of hydrazone groups is 1. The third-order valence-corrected chi connectivity index (χ3v) is 6.47. The van der Waals surface area contributed by atoms with E-state index in [0.29, 0.717) is 17.8 Å². The molecular weight excluding hydrogens is 366 g/mol. The molecule has 150 valence electrons. The van der Waals surface area contributed by atoms with Gasteiger partial charge in [0.15, 0.2) is 0 Å². The highest BCUT2D eigenvalue weighted by Crippen LogP contribution is 2.44. The summed E-state index contributed by atoms with van der Waals surface area (Å²) < 4.78 is 5.15. The summed E-state index contributed by atoms with van der Waals surface area (Å²) in [6, 6.07) is 12.6. The predicted molar refractivity (Wildman–Crippen MR) is 110 cm³/mol. The second-order valence-electron chi connectivity index (χ2n) is 8.14. The van der Waals surface area contributed by atoms with Crippen LogP contribution < -0.4 is 9.64 Å². The maximum Gasteiger partial charge on any atom is 0.318 e. The molecule has 0 unspecified atom stereocenters. The lowest BCUT2D eigenvalue weighted by molar-refractivity contribution is -0.137. The van der Waals surface area contributed by atoms with E-state index in [-0.39, 0.29) is 17.9 Å². The van der Waals surface area contributed by atoms with Crippen molar-refractivity contribution in [3.05, 3.63) is 48.2 Å². The van der Waals surface area contributed by atoms with Gasteiger partial charge in [-0.2, -0.15) is 10.1 Å². The van der Waals surface area contributed by atoms with Crippen LogP contribution in [0.1, 0.15) is 30.9 Å². The molecule has 2 fully saturated rings. The van der Waals surface area contributed by atoms with Crippen LogP contribution in [0.4, 0.5) is 5.82 Å². The van der Waals surface area contributed by atoms with E-state index < -0.39 is 0 Å². The molecule has 1 saturated carbocycles. The van der Waals surface area contributed by atoms with Gasteiger partial charge in [0.05, 0.1) is 13.2 Å². The largest absolute Gasteiger partial charge is 0.467 e. The molecule has 29 heavy (non-hydrogen) atoms. The summed E-state index contributed by atoms with van der Waals surface area (Å²) in [4.78, 5) is 24.1. The van der Waals surface area contributed by atoms with E-state index >= 15 is 0 Å². The lowest BCUT2D eigenvalue weighted by Gasteiger charge is -2.26. The topological polar surface area (TPSA) is 70.9 Å². The zero-order chi connectivity index (χ0) is 19.8. The van der Waals surface area contributed by atoms with E-state index in [1.54, 1.807) is 18.3 Å². The van der Waals surface area contributed by atoms with Crippen molar-refractivity contribution >= 4 is 17.9 Å². The Labute approximate surface area is 170 Å². The first kappa shape index (κ1) is 18.1. The monoisotopic (exact) mass is 391 g/mol. The highest BCUT2D eigenvalue weighted by atomic mass is 16.5. The van der Waals surface area contributed by atoms with Crippen LogP contribution >= 0.6 is 0 Å². The molecule has 1 saturated heterocycles. The van der Waals surface area contributed by atoms with Crippen molar-refractivity contribution in [1.82, 2.24) is 15.0 Å². The number of nitrogens with zero attached hydrogens (tertiary/aromatic N) is 5. The first-order valence-electron chi connectivity index (χ1n) is 10.3. The van der Waals surface area contributed by atoms with Gasteiger partial charge >= 0.3 is 6.01 Å². The quantitative estimate of drug-likeness (QED) is 0.801. The number of carbonyl (C=O) groups is 1. The molecule has 4 atom stereocenters. The van der Waals surface area contributed by atoms with Crippen LogP contribution in [0.5, 0.6) is 6.01 Å². The van der Waals surface area contributed by atoms with E-state index in [0.717, 1.165) is 43.7 Å². The standard InChI is InChI=1S/C22H25N5O2/c1-29-22-23-9-8-20(25-22)26-13-17-11-16(12-18(17)14-26)21(28)27-19(7-10-24-27)15-5-3-2-4-6-15/h2-6,8-10,16-19H,7,11-14H2,1H3/t16-,17+,18-,19-/m0/s1. The summed E-state index contributed by atoms with van der Waals surface area (Å²) in [5, 5.41) is 6.16. The fourth-order valence-electron chi connectivity index (χ4n) is 5.06. The average Bonchev–Trinajstić information content (AvgIpc) is 3.48. The Morgan fingerprint density at radius 3 is 2.59 bits per heavy atom. The lowest BCUT2D eigenvalue weighted by atomic mass is 10.0. The fourth-order valence-corrected chi connectivity index (χ4v) is 5.06. The number of hydrogen-bond acceptors (Lipinski definition) is 6.